The van der Waals surface area contributed by atoms with Gasteiger partial charge in [-0.1, -0.05) is 24.3 Å². The minimum atomic E-state index is -0.188. The van der Waals surface area contributed by atoms with Crippen LogP contribution in [-0.4, -0.2) is 60.1 Å². The van der Waals surface area contributed by atoms with Crippen LogP contribution < -0.4 is 15.4 Å². The third-order valence-corrected chi connectivity index (χ3v) is 8.19. The fraction of sp³-hybridized carbons (Fsp3) is 0.455. The van der Waals surface area contributed by atoms with E-state index in [1.807, 2.05) is 58.4 Å². The number of methoxy groups -OCH3 is 1. The molecule has 2 amide bonds. The summed E-state index contributed by atoms with van der Waals surface area (Å²) >= 11 is 3.31. The van der Waals surface area contributed by atoms with Gasteiger partial charge in [0.15, 0.2) is 0 Å². The molecule has 2 aromatic rings. The molecule has 1 atom stereocenters. The molecule has 30 heavy (non-hydrogen) atoms. The second-order valence-electron chi connectivity index (χ2n) is 7.62. The number of piperidine rings is 1. The maximum absolute atomic E-state index is 12.7. The SMILES string of the molecule is COc1ccccc1CCNC(=O)C1CSC2(CCN(C(=O)c3cccs3)CC2)N1. The second kappa shape index (κ2) is 9.41. The van der Waals surface area contributed by atoms with Crippen molar-refractivity contribution in [1.82, 2.24) is 15.5 Å². The summed E-state index contributed by atoms with van der Waals surface area (Å²) in [6, 6.07) is 11.5. The van der Waals surface area contributed by atoms with Crippen LogP contribution in [0.15, 0.2) is 41.8 Å². The van der Waals surface area contributed by atoms with E-state index in [1.54, 1.807) is 7.11 Å². The maximum atomic E-state index is 12.7. The standard InChI is InChI=1S/C22H27N3O3S2/c1-28-18-6-3-2-5-16(18)8-11-23-20(26)17-15-30-22(24-17)9-12-25(13-10-22)21(27)19-7-4-14-29-19/h2-7,14,17,24H,8-13,15H2,1H3,(H,23,26). The van der Waals surface area contributed by atoms with Crippen LogP contribution in [0.2, 0.25) is 0 Å². The van der Waals surface area contributed by atoms with Crippen LogP contribution in [0.25, 0.3) is 0 Å². The number of thioether (sulfide) groups is 1. The van der Waals surface area contributed by atoms with Crippen LogP contribution in [-0.2, 0) is 11.2 Å². The Kier molecular flexibility index (Phi) is 6.65. The summed E-state index contributed by atoms with van der Waals surface area (Å²) in [6.07, 6.45) is 2.46. The molecule has 1 aromatic heterocycles. The number of benzene rings is 1. The van der Waals surface area contributed by atoms with Gasteiger partial charge in [-0.15, -0.1) is 23.1 Å². The summed E-state index contributed by atoms with van der Waals surface area (Å²) in [4.78, 5) is 27.8. The molecule has 0 aliphatic carbocycles. The third kappa shape index (κ3) is 4.66. The third-order valence-electron chi connectivity index (χ3n) is 5.76. The molecule has 160 valence electrons. The molecule has 0 radical (unpaired) electrons. The van der Waals surface area contributed by atoms with Gasteiger partial charge in [0.05, 0.1) is 22.9 Å². The fourth-order valence-corrected chi connectivity index (χ4v) is 6.16. The first-order valence-electron chi connectivity index (χ1n) is 10.2. The smallest absolute Gasteiger partial charge is 0.263 e. The summed E-state index contributed by atoms with van der Waals surface area (Å²) in [6.45, 7) is 2.02. The molecule has 4 rings (SSSR count). The minimum absolute atomic E-state index is 0.0476. The Morgan fingerprint density at radius 2 is 2.03 bits per heavy atom. The highest BCUT2D eigenvalue weighted by molar-refractivity contribution is 8.01. The van der Waals surface area contributed by atoms with Gasteiger partial charge >= 0.3 is 0 Å². The van der Waals surface area contributed by atoms with Crippen molar-refractivity contribution in [3.63, 3.8) is 0 Å². The second-order valence-corrected chi connectivity index (χ2v) is 9.98. The molecule has 0 bridgehead atoms. The highest BCUT2D eigenvalue weighted by Crippen LogP contribution is 2.39. The van der Waals surface area contributed by atoms with Crippen molar-refractivity contribution in [2.24, 2.45) is 0 Å². The van der Waals surface area contributed by atoms with Crippen LogP contribution in [0.5, 0.6) is 5.75 Å². The molecule has 2 aliphatic heterocycles. The topological polar surface area (TPSA) is 70.7 Å². The number of thiophene rings is 1. The van der Waals surface area contributed by atoms with E-state index in [9.17, 15) is 9.59 Å². The number of nitrogens with zero attached hydrogens (tertiary/aromatic N) is 1. The molecule has 1 unspecified atom stereocenters. The average Bonchev–Trinajstić information content (AvgIpc) is 3.45. The normalized spacial score (nSPS) is 20.3. The number of amides is 2. The first-order valence-corrected chi connectivity index (χ1v) is 12.1. The van der Waals surface area contributed by atoms with Crippen molar-refractivity contribution in [2.45, 2.75) is 30.2 Å². The zero-order valence-corrected chi connectivity index (χ0v) is 18.7. The van der Waals surface area contributed by atoms with Crippen LogP contribution >= 0.6 is 23.1 Å². The molecular formula is C22H27N3O3S2. The van der Waals surface area contributed by atoms with E-state index in [0.29, 0.717) is 6.54 Å². The van der Waals surface area contributed by atoms with E-state index in [2.05, 4.69) is 10.6 Å². The van der Waals surface area contributed by atoms with E-state index in [4.69, 9.17) is 4.74 Å². The monoisotopic (exact) mass is 445 g/mol. The Morgan fingerprint density at radius 1 is 1.23 bits per heavy atom. The van der Waals surface area contributed by atoms with Crippen LogP contribution in [0.3, 0.4) is 0 Å². The summed E-state index contributed by atoms with van der Waals surface area (Å²) in [5.74, 6) is 1.78. The van der Waals surface area contributed by atoms with Gasteiger partial charge in [0.2, 0.25) is 5.91 Å². The fourth-order valence-electron chi connectivity index (χ4n) is 4.05. The van der Waals surface area contributed by atoms with Crippen LogP contribution in [0, 0.1) is 0 Å². The first-order chi connectivity index (χ1) is 14.6. The van der Waals surface area contributed by atoms with Crippen molar-refractivity contribution in [3.8, 4) is 5.75 Å². The lowest BCUT2D eigenvalue weighted by atomic mass is 10.0. The lowest BCUT2D eigenvalue weighted by Crippen LogP contribution is -2.54. The quantitative estimate of drug-likeness (QED) is 0.716. The summed E-state index contributed by atoms with van der Waals surface area (Å²) in [5, 5.41) is 8.56. The van der Waals surface area contributed by atoms with E-state index >= 15 is 0 Å². The number of hydrogen-bond acceptors (Lipinski definition) is 6. The van der Waals surface area contributed by atoms with Gasteiger partial charge in [-0.05, 0) is 42.3 Å². The molecule has 6 nitrogen and oxygen atoms in total. The Bertz CT molecular complexity index is 880. The zero-order chi connectivity index (χ0) is 21.0. The molecular weight excluding hydrogens is 418 g/mol. The Balaban J connectivity index is 1.24. The number of para-hydroxylation sites is 1. The zero-order valence-electron chi connectivity index (χ0n) is 17.1. The number of carbonyl (C=O) groups excluding carboxylic acids is 2. The Morgan fingerprint density at radius 3 is 2.77 bits per heavy atom. The molecule has 1 spiro atoms. The number of hydrogen-bond donors (Lipinski definition) is 2. The van der Waals surface area contributed by atoms with Crippen molar-refractivity contribution >= 4 is 34.9 Å². The van der Waals surface area contributed by atoms with Gasteiger partial charge in [-0.2, -0.15) is 0 Å². The van der Waals surface area contributed by atoms with Gasteiger partial charge < -0.3 is 15.0 Å². The lowest BCUT2D eigenvalue weighted by Gasteiger charge is -2.39. The molecule has 3 heterocycles. The molecule has 2 N–H and O–H groups in total. The summed E-state index contributed by atoms with van der Waals surface area (Å²) in [7, 11) is 1.66. The minimum Gasteiger partial charge on any atom is -0.496 e. The van der Waals surface area contributed by atoms with Crippen molar-refractivity contribution in [3.05, 3.63) is 52.2 Å². The molecule has 2 saturated heterocycles. The Labute approximate surface area is 185 Å². The number of rotatable bonds is 6. The maximum Gasteiger partial charge on any atom is 0.263 e. The highest BCUT2D eigenvalue weighted by atomic mass is 32.2. The average molecular weight is 446 g/mol. The Hall–Kier alpha value is -2.03. The number of carbonyl (C=O) groups is 2. The molecule has 1 aromatic carbocycles. The van der Waals surface area contributed by atoms with Gasteiger partial charge in [0.25, 0.3) is 5.91 Å². The van der Waals surface area contributed by atoms with Gasteiger partial charge in [-0.3, -0.25) is 14.9 Å². The number of nitrogens with one attached hydrogen (secondary N) is 2. The predicted molar refractivity (Wildman–Crippen MR) is 121 cm³/mol. The van der Waals surface area contributed by atoms with Crippen molar-refractivity contribution in [1.29, 1.82) is 0 Å². The number of likely N-dealkylation sites (tertiary alicyclic amines) is 1. The lowest BCUT2D eigenvalue weighted by molar-refractivity contribution is -0.122. The summed E-state index contributed by atoms with van der Waals surface area (Å²) < 4.78 is 5.37. The highest BCUT2D eigenvalue weighted by Gasteiger charge is 2.44. The molecule has 8 heteroatoms. The number of ether oxygens (including phenoxy) is 1. The first kappa shape index (κ1) is 21.2. The summed E-state index contributed by atoms with van der Waals surface area (Å²) in [5.41, 5.74) is 1.09. The van der Waals surface area contributed by atoms with Gasteiger partial charge in [0.1, 0.15) is 5.75 Å². The largest absolute Gasteiger partial charge is 0.496 e. The molecule has 2 aliphatic rings. The van der Waals surface area contributed by atoms with E-state index in [1.165, 1.54) is 11.3 Å². The van der Waals surface area contributed by atoms with Crippen molar-refractivity contribution < 1.29 is 14.3 Å². The van der Waals surface area contributed by atoms with E-state index in [-0.39, 0.29) is 22.7 Å². The van der Waals surface area contributed by atoms with E-state index in [0.717, 1.165) is 54.3 Å². The molecule has 0 saturated carbocycles. The van der Waals surface area contributed by atoms with E-state index < -0.39 is 0 Å². The van der Waals surface area contributed by atoms with Gasteiger partial charge in [-0.25, -0.2) is 0 Å². The van der Waals surface area contributed by atoms with Gasteiger partial charge in [0, 0.05) is 25.4 Å². The predicted octanol–water partition coefficient (Wildman–Crippen LogP) is 2.75. The van der Waals surface area contributed by atoms with Crippen LogP contribution in [0.4, 0.5) is 0 Å². The van der Waals surface area contributed by atoms with Crippen molar-refractivity contribution in [2.75, 3.05) is 32.5 Å². The van der Waals surface area contributed by atoms with Crippen LogP contribution in [0.1, 0.15) is 28.1 Å². The molecule has 2 fully saturated rings.